The summed E-state index contributed by atoms with van der Waals surface area (Å²) in [4.78, 5) is 55.2. The fraction of sp³-hybridized carbons (Fsp3) is 0.333. The van der Waals surface area contributed by atoms with Gasteiger partial charge >= 0.3 is 0 Å². The molecule has 3 aromatic carbocycles. The van der Waals surface area contributed by atoms with E-state index in [9.17, 15) is 29.4 Å². The summed E-state index contributed by atoms with van der Waals surface area (Å²) < 4.78 is 22.4. The van der Waals surface area contributed by atoms with Crippen LogP contribution in [0, 0.1) is 5.92 Å². The zero-order valence-electron chi connectivity index (χ0n) is 27.2. The van der Waals surface area contributed by atoms with E-state index in [4.69, 9.17) is 30.5 Å². The summed E-state index contributed by atoms with van der Waals surface area (Å²) in [6.45, 7) is 1.60. The van der Waals surface area contributed by atoms with Gasteiger partial charge in [-0.25, -0.2) is 0 Å². The first kappa shape index (κ1) is 33.7. The average Bonchev–Trinajstić information content (AvgIpc) is 3.31. The molecule has 3 aromatic rings. The van der Waals surface area contributed by atoms with Crippen molar-refractivity contribution in [2.75, 3.05) is 26.6 Å². The summed E-state index contributed by atoms with van der Waals surface area (Å²) in [6, 6.07) is 12.2. The molecule has 4 unspecified atom stereocenters. The SMILES string of the molecule is COc1cc(C(CC(=O)NC2CCc3ccccc3NC2=O)C2=C(O)C3(Oc4c(Cl)c(OC)cc(OC)c4C3=O)C(C)CC2=O)ccc1O. The molecule has 256 valence electrons. The highest BCUT2D eigenvalue weighted by atomic mass is 35.5. The Morgan fingerprint density at radius 3 is 2.47 bits per heavy atom. The smallest absolute Gasteiger partial charge is 0.246 e. The third-order valence-electron chi connectivity index (χ3n) is 9.48. The third-order valence-corrected chi connectivity index (χ3v) is 9.84. The lowest BCUT2D eigenvalue weighted by atomic mass is 9.69. The van der Waals surface area contributed by atoms with Gasteiger partial charge in [0.25, 0.3) is 0 Å². The predicted octanol–water partition coefficient (Wildman–Crippen LogP) is 5.05. The Morgan fingerprint density at radius 2 is 1.76 bits per heavy atom. The topological polar surface area (TPSA) is 170 Å². The highest BCUT2D eigenvalue weighted by Crippen LogP contribution is 2.56. The molecule has 3 aliphatic rings. The van der Waals surface area contributed by atoms with E-state index in [0.717, 1.165) is 5.56 Å². The monoisotopic (exact) mass is 690 g/mol. The molecule has 0 saturated heterocycles. The number of aliphatic hydroxyl groups excluding tert-OH is 1. The number of hydrogen-bond acceptors (Lipinski definition) is 10. The third kappa shape index (κ3) is 5.59. The number of aryl methyl sites for hydroxylation is 1. The fourth-order valence-electron chi connectivity index (χ4n) is 6.92. The number of fused-ring (bicyclic) bond motifs is 2. The first-order valence-corrected chi connectivity index (χ1v) is 16.0. The van der Waals surface area contributed by atoms with Gasteiger partial charge in [0, 0.05) is 42.0 Å². The zero-order chi connectivity index (χ0) is 35.2. The molecule has 4 N–H and O–H groups in total. The van der Waals surface area contributed by atoms with Crippen LogP contribution < -0.4 is 29.6 Å². The quantitative estimate of drug-likeness (QED) is 0.251. The number of carbonyl (C=O) groups is 4. The van der Waals surface area contributed by atoms with E-state index in [0.29, 0.717) is 24.1 Å². The molecule has 2 aliphatic heterocycles. The number of hydrogen-bond donors (Lipinski definition) is 4. The van der Waals surface area contributed by atoms with Gasteiger partial charge in [-0.1, -0.05) is 42.8 Å². The summed E-state index contributed by atoms with van der Waals surface area (Å²) in [7, 11) is 4.09. The van der Waals surface area contributed by atoms with Gasteiger partial charge in [0.15, 0.2) is 28.8 Å². The first-order valence-electron chi connectivity index (χ1n) is 15.6. The highest BCUT2D eigenvalue weighted by Gasteiger charge is 2.61. The molecule has 4 atom stereocenters. The number of anilines is 1. The van der Waals surface area contributed by atoms with E-state index in [1.54, 1.807) is 19.1 Å². The van der Waals surface area contributed by atoms with Crippen molar-refractivity contribution in [1.29, 1.82) is 0 Å². The molecule has 1 spiro atoms. The van der Waals surface area contributed by atoms with Crippen molar-refractivity contribution in [2.24, 2.45) is 5.92 Å². The van der Waals surface area contributed by atoms with Gasteiger partial charge in [0.05, 0.1) is 21.3 Å². The van der Waals surface area contributed by atoms with Crippen LogP contribution in [0.2, 0.25) is 5.02 Å². The number of amides is 2. The van der Waals surface area contributed by atoms with Crippen molar-refractivity contribution in [3.05, 3.63) is 81.6 Å². The second-order valence-electron chi connectivity index (χ2n) is 12.2. The lowest BCUT2D eigenvalue weighted by molar-refractivity contribution is -0.127. The molecule has 0 radical (unpaired) electrons. The second-order valence-corrected chi connectivity index (χ2v) is 12.6. The minimum absolute atomic E-state index is 0.0231. The maximum absolute atomic E-state index is 14.3. The number of aromatic hydroxyl groups is 1. The lowest BCUT2D eigenvalue weighted by Gasteiger charge is -2.38. The number of aliphatic hydroxyl groups is 1. The van der Waals surface area contributed by atoms with E-state index >= 15 is 0 Å². The van der Waals surface area contributed by atoms with Crippen LogP contribution in [0.15, 0.2) is 59.9 Å². The van der Waals surface area contributed by atoms with Crippen LogP contribution >= 0.6 is 11.6 Å². The van der Waals surface area contributed by atoms with Gasteiger partial charge in [0.2, 0.25) is 23.2 Å². The summed E-state index contributed by atoms with van der Waals surface area (Å²) in [5, 5.41) is 28.1. The van der Waals surface area contributed by atoms with Crippen LogP contribution in [0.1, 0.15) is 53.6 Å². The van der Waals surface area contributed by atoms with Crippen molar-refractivity contribution in [2.45, 2.75) is 50.2 Å². The number of ketones is 2. The second kappa shape index (κ2) is 13.0. The van der Waals surface area contributed by atoms with Gasteiger partial charge < -0.3 is 39.8 Å². The summed E-state index contributed by atoms with van der Waals surface area (Å²) in [5.41, 5.74) is -0.430. The molecule has 1 aliphatic carbocycles. The van der Waals surface area contributed by atoms with Crippen LogP contribution in [-0.4, -0.2) is 66.6 Å². The molecule has 0 bridgehead atoms. The number of phenols is 1. The molecule has 0 aromatic heterocycles. The number of para-hydroxylation sites is 1. The van der Waals surface area contributed by atoms with Crippen LogP contribution in [0.3, 0.4) is 0 Å². The fourth-order valence-corrected chi connectivity index (χ4v) is 7.19. The molecule has 12 nitrogen and oxygen atoms in total. The van der Waals surface area contributed by atoms with Crippen molar-refractivity contribution in [1.82, 2.24) is 5.32 Å². The van der Waals surface area contributed by atoms with E-state index < -0.39 is 59.0 Å². The first-order chi connectivity index (χ1) is 23.4. The Hall–Kier alpha value is -5.23. The lowest BCUT2D eigenvalue weighted by Crippen LogP contribution is -2.53. The van der Waals surface area contributed by atoms with Crippen LogP contribution in [-0.2, 0) is 20.8 Å². The number of rotatable bonds is 8. The van der Waals surface area contributed by atoms with Crippen molar-refractivity contribution >= 4 is 40.7 Å². The number of benzene rings is 3. The number of nitrogens with one attached hydrogen (secondary N) is 2. The zero-order valence-corrected chi connectivity index (χ0v) is 28.0. The normalized spacial score (nSPS) is 22.0. The van der Waals surface area contributed by atoms with E-state index in [-0.39, 0.29) is 51.3 Å². The number of carbonyl (C=O) groups excluding carboxylic acids is 4. The summed E-state index contributed by atoms with van der Waals surface area (Å²) in [5.74, 6) is -4.85. The van der Waals surface area contributed by atoms with Crippen molar-refractivity contribution in [3.63, 3.8) is 0 Å². The number of ether oxygens (including phenoxy) is 4. The minimum atomic E-state index is -2.09. The summed E-state index contributed by atoms with van der Waals surface area (Å²) >= 11 is 6.59. The predicted molar refractivity (Wildman–Crippen MR) is 178 cm³/mol. The molecule has 2 amide bonds. The maximum atomic E-state index is 14.3. The van der Waals surface area contributed by atoms with Gasteiger partial charge in [-0.2, -0.15) is 0 Å². The number of Topliss-reactive ketones (excluding diaryl/α,β-unsaturated/α-hetero) is 2. The van der Waals surface area contributed by atoms with Crippen molar-refractivity contribution < 1.29 is 48.3 Å². The molecule has 0 saturated carbocycles. The van der Waals surface area contributed by atoms with Gasteiger partial charge in [0.1, 0.15) is 28.1 Å². The Labute approximate surface area is 286 Å². The Morgan fingerprint density at radius 1 is 1.04 bits per heavy atom. The van der Waals surface area contributed by atoms with Crippen LogP contribution in [0.25, 0.3) is 0 Å². The summed E-state index contributed by atoms with van der Waals surface area (Å²) in [6.07, 6.45) is 0.207. The molecular weight excluding hydrogens is 656 g/mol. The largest absolute Gasteiger partial charge is 0.507 e. The number of phenolic OH excluding ortho intramolecular Hbond substituents is 1. The Balaban J connectivity index is 1.42. The molecule has 49 heavy (non-hydrogen) atoms. The maximum Gasteiger partial charge on any atom is 0.246 e. The van der Waals surface area contributed by atoms with Gasteiger partial charge in [-0.15, -0.1) is 0 Å². The van der Waals surface area contributed by atoms with Crippen LogP contribution in [0.4, 0.5) is 5.69 Å². The molecule has 0 fully saturated rings. The highest BCUT2D eigenvalue weighted by molar-refractivity contribution is 6.35. The number of allylic oxidation sites excluding steroid dienone is 1. The van der Waals surface area contributed by atoms with Crippen molar-refractivity contribution in [3.8, 4) is 28.7 Å². The molecule has 13 heteroatoms. The van der Waals surface area contributed by atoms with E-state index in [1.165, 1.54) is 45.6 Å². The number of methoxy groups -OCH3 is 3. The molecule has 2 heterocycles. The van der Waals surface area contributed by atoms with E-state index in [1.807, 2.05) is 12.1 Å². The Bertz CT molecular complexity index is 1920. The standard InChI is InChI=1S/C36H35ClN2O10/c1-17-13-24(41)29(33(43)36(17)34(44)30-26(47-3)16-27(48-4)31(37)32(30)49-36)20(19-10-12-23(40)25(14-19)46-2)15-28(42)38-22-11-9-18-7-5-6-8-21(18)39-35(22)45/h5-8,10,12,14,16-17,20,22,40,43H,9,11,13,15H2,1-4H3,(H,38,42)(H,39,45). The van der Waals surface area contributed by atoms with Gasteiger partial charge in [-0.05, 0) is 42.2 Å². The van der Waals surface area contributed by atoms with Gasteiger partial charge in [-0.3, -0.25) is 19.2 Å². The average molecular weight is 691 g/mol. The van der Waals surface area contributed by atoms with Crippen LogP contribution in [0.5, 0.6) is 28.7 Å². The minimum Gasteiger partial charge on any atom is -0.507 e. The number of halogens is 1. The Kier molecular flexibility index (Phi) is 8.93. The van der Waals surface area contributed by atoms with E-state index in [2.05, 4.69) is 10.6 Å². The molecular formula is C36H35ClN2O10. The molecule has 6 rings (SSSR count).